The molecule has 3 amide bonds. The van der Waals surface area contributed by atoms with Gasteiger partial charge in [0.2, 0.25) is 11.8 Å². The number of rotatable bonds is 7. The maximum absolute atomic E-state index is 15.5. The summed E-state index contributed by atoms with van der Waals surface area (Å²) < 4.78 is 35.5. The van der Waals surface area contributed by atoms with Gasteiger partial charge in [-0.2, -0.15) is 0 Å². The van der Waals surface area contributed by atoms with E-state index < -0.39 is 35.6 Å². The Balaban J connectivity index is 1.23. The van der Waals surface area contributed by atoms with E-state index in [1.54, 1.807) is 17.0 Å². The van der Waals surface area contributed by atoms with Crippen LogP contribution in [0.3, 0.4) is 0 Å². The number of aromatic nitrogens is 2. The number of likely N-dealkylation sites (tertiary alicyclic amines) is 1. The molecule has 11 nitrogen and oxygen atoms in total. The molecular formula is C37H48ClF2N7O4. The van der Waals surface area contributed by atoms with E-state index in [1.807, 2.05) is 21.7 Å². The Hall–Kier alpha value is -3.42. The second-order valence-corrected chi connectivity index (χ2v) is 15.6. The van der Waals surface area contributed by atoms with Crippen LogP contribution in [-0.4, -0.2) is 131 Å². The highest BCUT2D eigenvalue weighted by molar-refractivity contribution is 6.29. The molecule has 4 aliphatic heterocycles. The lowest BCUT2D eigenvalue weighted by Gasteiger charge is -2.41. The van der Waals surface area contributed by atoms with Crippen molar-refractivity contribution in [2.75, 3.05) is 64.4 Å². The van der Waals surface area contributed by atoms with Crippen molar-refractivity contribution in [2.24, 2.45) is 11.8 Å². The van der Waals surface area contributed by atoms with E-state index in [0.29, 0.717) is 44.3 Å². The third kappa shape index (κ3) is 7.57. The highest BCUT2D eigenvalue weighted by Crippen LogP contribution is 2.40. The lowest BCUT2D eigenvalue weighted by molar-refractivity contribution is -0.148. The molecule has 5 aliphatic rings. The van der Waals surface area contributed by atoms with Crippen molar-refractivity contribution >= 4 is 35.1 Å². The zero-order valence-electron chi connectivity index (χ0n) is 29.4. The van der Waals surface area contributed by atoms with Gasteiger partial charge in [-0.15, -0.1) is 10.2 Å². The first-order valence-electron chi connectivity index (χ1n) is 18.5. The summed E-state index contributed by atoms with van der Waals surface area (Å²) in [5.74, 6) is -2.26. The molecule has 1 aromatic carbocycles. The van der Waals surface area contributed by atoms with Crippen molar-refractivity contribution in [3.8, 4) is 0 Å². The van der Waals surface area contributed by atoms with Gasteiger partial charge in [0, 0.05) is 70.4 Å². The number of likely N-dealkylation sites (N-methyl/N-ethyl adjacent to an activating group) is 1. The van der Waals surface area contributed by atoms with Gasteiger partial charge in [-0.3, -0.25) is 14.4 Å². The van der Waals surface area contributed by atoms with Gasteiger partial charge in [-0.25, -0.2) is 8.78 Å². The normalized spacial score (nSPS) is 30.2. The number of hydrogen-bond donors (Lipinski definition) is 0. The largest absolute Gasteiger partial charge is 0.368 e. The number of ether oxygens (including phenoxy) is 1. The number of nitrogens with zero attached hydrogens (tertiary/aromatic N) is 7. The van der Waals surface area contributed by atoms with Gasteiger partial charge in [-0.05, 0) is 81.7 Å². The molecule has 1 aliphatic carbocycles. The Kier molecular flexibility index (Phi) is 10.8. The molecule has 0 radical (unpaired) electrons. The standard InChI is InChI=1S/C37H48ClF2N7O4/c1-23-5-8-25(9-6-23)47(37(50)32-4-3-17-51-32)26-19-31(36(49)44-15-13-43(2)14-16-44)46(20-26)35(48)29-22-45(34-12-11-33(38)41-42-34)21-28(29)27-10-7-24(39)18-30(27)40/h7,10-12,18,23,25-26,28-29,31-32H,3-6,8-9,13-17,19-22H2,1-2H3/t23?,25?,26-,28-,29+,31-,32-/m0/s1. The van der Waals surface area contributed by atoms with Crippen LogP contribution in [-0.2, 0) is 19.1 Å². The molecule has 5 heterocycles. The molecule has 51 heavy (non-hydrogen) atoms. The highest BCUT2D eigenvalue weighted by atomic mass is 35.5. The number of piperazine rings is 1. The number of carbonyl (C=O) groups is 3. The van der Waals surface area contributed by atoms with Crippen LogP contribution in [0, 0.1) is 23.5 Å². The number of benzene rings is 1. The molecule has 0 spiro atoms. The maximum Gasteiger partial charge on any atom is 0.252 e. The minimum absolute atomic E-state index is 0.00357. The molecule has 1 saturated carbocycles. The quantitative estimate of drug-likeness (QED) is 0.423. The Morgan fingerprint density at radius 2 is 1.67 bits per heavy atom. The summed E-state index contributed by atoms with van der Waals surface area (Å²) in [4.78, 5) is 53.3. The summed E-state index contributed by atoms with van der Waals surface area (Å²) in [5, 5.41) is 8.41. The summed E-state index contributed by atoms with van der Waals surface area (Å²) in [7, 11) is 2.02. The van der Waals surface area contributed by atoms with Gasteiger partial charge in [0.05, 0.1) is 12.0 Å². The van der Waals surface area contributed by atoms with Crippen molar-refractivity contribution in [2.45, 2.75) is 82.0 Å². The maximum atomic E-state index is 15.5. The number of amides is 3. The van der Waals surface area contributed by atoms with E-state index in [-0.39, 0.29) is 60.2 Å². The molecule has 0 N–H and O–H groups in total. The van der Waals surface area contributed by atoms with Gasteiger partial charge in [0.1, 0.15) is 23.8 Å². The van der Waals surface area contributed by atoms with Crippen LogP contribution in [0.2, 0.25) is 5.15 Å². The smallest absolute Gasteiger partial charge is 0.252 e. The lowest BCUT2D eigenvalue weighted by Crippen LogP contribution is -2.54. The fourth-order valence-corrected chi connectivity index (χ4v) is 9.00. The number of halogens is 3. The van der Waals surface area contributed by atoms with Gasteiger partial charge in [-0.1, -0.05) is 24.6 Å². The molecule has 0 bridgehead atoms. The topological polar surface area (TPSA) is 102 Å². The molecule has 14 heteroatoms. The fraction of sp³-hybridized carbons (Fsp3) is 0.649. The predicted molar refractivity (Wildman–Crippen MR) is 187 cm³/mol. The van der Waals surface area contributed by atoms with Crippen molar-refractivity contribution in [1.82, 2.24) is 29.8 Å². The van der Waals surface area contributed by atoms with Crippen molar-refractivity contribution in [1.29, 1.82) is 0 Å². The fourth-order valence-electron chi connectivity index (χ4n) is 8.90. The number of carbonyl (C=O) groups excluding carboxylic acids is 3. The van der Waals surface area contributed by atoms with E-state index >= 15 is 9.18 Å². The molecule has 5 fully saturated rings. The average molecular weight is 728 g/mol. The van der Waals surface area contributed by atoms with Crippen LogP contribution in [0.1, 0.15) is 63.4 Å². The van der Waals surface area contributed by atoms with Gasteiger partial charge < -0.3 is 29.2 Å². The number of hydrogen-bond acceptors (Lipinski definition) is 8. The Morgan fingerprint density at radius 1 is 0.902 bits per heavy atom. The molecule has 0 unspecified atom stereocenters. The van der Waals surface area contributed by atoms with Crippen molar-refractivity contribution in [3.05, 3.63) is 52.7 Å². The molecule has 5 atom stereocenters. The van der Waals surface area contributed by atoms with Crippen molar-refractivity contribution in [3.63, 3.8) is 0 Å². The Bertz CT molecular complexity index is 1580. The second-order valence-electron chi connectivity index (χ2n) is 15.2. The summed E-state index contributed by atoms with van der Waals surface area (Å²) in [6, 6.07) is 5.60. The van der Waals surface area contributed by atoms with Crippen LogP contribution >= 0.6 is 11.6 Å². The van der Waals surface area contributed by atoms with E-state index in [2.05, 4.69) is 22.0 Å². The van der Waals surface area contributed by atoms with Crippen LogP contribution in [0.5, 0.6) is 0 Å². The summed E-state index contributed by atoms with van der Waals surface area (Å²) in [6.45, 7) is 5.95. The van der Waals surface area contributed by atoms with E-state index in [4.69, 9.17) is 16.3 Å². The summed E-state index contributed by atoms with van der Waals surface area (Å²) >= 11 is 6.02. The molecule has 276 valence electrons. The first kappa shape index (κ1) is 36.0. The van der Waals surface area contributed by atoms with Crippen LogP contribution < -0.4 is 4.90 Å². The van der Waals surface area contributed by atoms with E-state index in [0.717, 1.165) is 51.3 Å². The van der Waals surface area contributed by atoms with Crippen molar-refractivity contribution < 1.29 is 27.9 Å². The predicted octanol–water partition coefficient (Wildman–Crippen LogP) is 3.96. The molecule has 7 rings (SSSR count). The third-order valence-electron chi connectivity index (χ3n) is 11.8. The monoisotopic (exact) mass is 727 g/mol. The Labute approximate surface area is 303 Å². The third-order valence-corrected chi connectivity index (χ3v) is 12.0. The van der Waals surface area contributed by atoms with Gasteiger partial charge in [0.25, 0.3) is 5.91 Å². The van der Waals surface area contributed by atoms with Crippen LogP contribution in [0.15, 0.2) is 30.3 Å². The zero-order valence-corrected chi connectivity index (χ0v) is 30.2. The molecule has 4 saturated heterocycles. The second kappa shape index (κ2) is 15.3. The van der Waals surface area contributed by atoms with Crippen LogP contribution in [0.4, 0.5) is 14.6 Å². The molecular weight excluding hydrogens is 680 g/mol. The van der Waals surface area contributed by atoms with Gasteiger partial charge >= 0.3 is 0 Å². The van der Waals surface area contributed by atoms with Gasteiger partial charge in [0.15, 0.2) is 11.0 Å². The van der Waals surface area contributed by atoms with E-state index in [1.165, 1.54) is 12.1 Å². The highest BCUT2D eigenvalue weighted by Gasteiger charge is 2.51. The summed E-state index contributed by atoms with van der Waals surface area (Å²) in [5.41, 5.74) is 0.225. The molecule has 1 aromatic heterocycles. The first-order chi connectivity index (χ1) is 24.6. The first-order valence-corrected chi connectivity index (χ1v) is 18.9. The average Bonchev–Trinajstić information content (AvgIpc) is 3.91. The lowest BCUT2D eigenvalue weighted by atomic mass is 9.85. The molecule has 2 aromatic rings. The minimum Gasteiger partial charge on any atom is -0.368 e. The van der Waals surface area contributed by atoms with Crippen LogP contribution in [0.25, 0.3) is 0 Å². The SMILES string of the molecule is CC1CCC(N(C(=O)[C@@H]2CCCO2)[C@H]2C[C@@H](C(=O)N3CCN(C)CC3)N(C(=O)[C@@H]3CN(c4ccc(Cl)nn4)C[C@H]3c3ccc(F)cc3F)C2)CC1. The van der Waals surface area contributed by atoms with E-state index in [9.17, 15) is 14.0 Å². The minimum atomic E-state index is -0.781. The summed E-state index contributed by atoms with van der Waals surface area (Å²) in [6.07, 6.45) is 5.05. The Morgan fingerprint density at radius 3 is 2.33 bits per heavy atom. The zero-order chi connectivity index (χ0) is 35.8. The number of anilines is 1.